The molecule has 0 spiro atoms. The van der Waals surface area contributed by atoms with E-state index >= 15 is 0 Å². The van der Waals surface area contributed by atoms with Crippen LogP contribution in [0, 0.1) is 5.92 Å². The zero-order chi connectivity index (χ0) is 18.5. The van der Waals surface area contributed by atoms with Gasteiger partial charge in [0.1, 0.15) is 5.76 Å². The van der Waals surface area contributed by atoms with E-state index in [2.05, 4.69) is 0 Å². The van der Waals surface area contributed by atoms with Crippen LogP contribution in [0.1, 0.15) is 40.7 Å². The molecule has 1 aromatic carbocycles. The van der Waals surface area contributed by atoms with Crippen LogP contribution in [0.25, 0.3) is 11.3 Å². The zero-order valence-corrected chi connectivity index (χ0v) is 14.6. The standard InChI is InChI=1S/C20H21NO5/c1-2-25-20(24)16-4-3-11-21(12-16)19(23)15-7-5-14(6-8-15)18-10-9-17(13-22)26-18/h5-10,13,16H,2-4,11-12H2,1H3. The van der Waals surface area contributed by atoms with Crippen molar-refractivity contribution in [3.05, 3.63) is 47.7 Å². The third-order valence-corrected chi connectivity index (χ3v) is 4.49. The third kappa shape index (κ3) is 3.85. The lowest BCUT2D eigenvalue weighted by atomic mass is 9.97. The number of carbonyl (C=O) groups excluding carboxylic acids is 3. The molecule has 1 saturated heterocycles. The van der Waals surface area contributed by atoms with Gasteiger partial charge in [0.15, 0.2) is 12.0 Å². The second-order valence-electron chi connectivity index (χ2n) is 6.24. The number of likely N-dealkylation sites (tertiary alicyclic amines) is 1. The number of rotatable bonds is 5. The Morgan fingerprint density at radius 3 is 2.65 bits per heavy atom. The zero-order valence-electron chi connectivity index (χ0n) is 14.6. The summed E-state index contributed by atoms with van der Waals surface area (Å²) in [5.41, 5.74) is 1.35. The minimum Gasteiger partial charge on any atom is -0.466 e. The van der Waals surface area contributed by atoms with Crippen molar-refractivity contribution in [2.45, 2.75) is 19.8 Å². The maximum atomic E-state index is 12.7. The quantitative estimate of drug-likeness (QED) is 0.608. The van der Waals surface area contributed by atoms with Crippen molar-refractivity contribution in [1.82, 2.24) is 4.90 Å². The van der Waals surface area contributed by atoms with Gasteiger partial charge in [-0.05, 0) is 44.0 Å². The van der Waals surface area contributed by atoms with Gasteiger partial charge in [-0.15, -0.1) is 0 Å². The van der Waals surface area contributed by atoms with Crippen LogP contribution in [0.5, 0.6) is 0 Å². The van der Waals surface area contributed by atoms with E-state index in [1.165, 1.54) is 0 Å². The molecule has 1 aliphatic rings. The third-order valence-electron chi connectivity index (χ3n) is 4.49. The summed E-state index contributed by atoms with van der Waals surface area (Å²) in [7, 11) is 0. The smallest absolute Gasteiger partial charge is 0.310 e. The first-order valence-electron chi connectivity index (χ1n) is 8.73. The average molecular weight is 355 g/mol. The summed E-state index contributed by atoms with van der Waals surface area (Å²) in [5, 5.41) is 0. The minimum absolute atomic E-state index is 0.0985. The van der Waals surface area contributed by atoms with Crippen LogP contribution in [0.3, 0.4) is 0 Å². The fourth-order valence-electron chi connectivity index (χ4n) is 3.15. The first kappa shape index (κ1) is 17.9. The Labute approximate surface area is 151 Å². The summed E-state index contributed by atoms with van der Waals surface area (Å²) in [5.74, 6) is 0.254. The average Bonchev–Trinajstić information content (AvgIpc) is 3.17. The molecule has 1 amide bonds. The fraction of sp³-hybridized carbons (Fsp3) is 0.350. The van der Waals surface area contributed by atoms with Gasteiger partial charge in [-0.1, -0.05) is 12.1 Å². The Kier molecular flexibility index (Phi) is 5.51. The van der Waals surface area contributed by atoms with Crippen LogP contribution in [0.15, 0.2) is 40.8 Å². The maximum absolute atomic E-state index is 12.7. The van der Waals surface area contributed by atoms with E-state index < -0.39 is 0 Å². The van der Waals surface area contributed by atoms with Gasteiger partial charge < -0.3 is 14.1 Å². The van der Waals surface area contributed by atoms with Crippen LogP contribution in [-0.2, 0) is 9.53 Å². The van der Waals surface area contributed by atoms with Crippen LogP contribution < -0.4 is 0 Å². The molecule has 2 heterocycles. The second kappa shape index (κ2) is 7.99. The lowest BCUT2D eigenvalue weighted by Gasteiger charge is -2.31. The van der Waals surface area contributed by atoms with E-state index in [1.54, 1.807) is 48.2 Å². The van der Waals surface area contributed by atoms with Gasteiger partial charge in [-0.25, -0.2) is 0 Å². The predicted octanol–water partition coefficient (Wildman–Crippen LogP) is 3.17. The summed E-state index contributed by atoms with van der Waals surface area (Å²) in [6.45, 7) is 3.16. The number of aldehydes is 1. The highest BCUT2D eigenvalue weighted by Crippen LogP contribution is 2.24. The van der Waals surface area contributed by atoms with Gasteiger partial charge in [-0.2, -0.15) is 0 Å². The van der Waals surface area contributed by atoms with Crippen LogP contribution >= 0.6 is 0 Å². The van der Waals surface area contributed by atoms with Crippen LogP contribution in [0.2, 0.25) is 0 Å². The second-order valence-corrected chi connectivity index (χ2v) is 6.24. The summed E-state index contributed by atoms with van der Waals surface area (Å²) in [6.07, 6.45) is 2.19. The first-order chi connectivity index (χ1) is 12.6. The monoisotopic (exact) mass is 355 g/mol. The first-order valence-corrected chi connectivity index (χ1v) is 8.73. The molecular formula is C20H21NO5. The van der Waals surface area contributed by atoms with Gasteiger partial charge in [0.05, 0.1) is 12.5 Å². The van der Waals surface area contributed by atoms with Crippen molar-refractivity contribution in [3.8, 4) is 11.3 Å². The van der Waals surface area contributed by atoms with Crippen LogP contribution in [-0.4, -0.2) is 42.8 Å². The van der Waals surface area contributed by atoms with E-state index in [0.29, 0.717) is 37.3 Å². The molecule has 26 heavy (non-hydrogen) atoms. The molecular weight excluding hydrogens is 334 g/mol. The molecule has 0 radical (unpaired) electrons. The topological polar surface area (TPSA) is 76.8 Å². The summed E-state index contributed by atoms with van der Waals surface area (Å²) in [6, 6.07) is 10.4. The Hall–Kier alpha value is -2.89. The number of nitrogens with zero attached hydrogens (tertiary/aromatic N) is 1. The van der Waals surface area contributed by atoms with Crippen molar-refractivity contribution < 1.29 is 23.5 Å². The molecule has 6 heteroatoms. The molecule has 0 bridgehead atoms. The number of carbonyl (C=O) groups is 3. The van der Waals surface area contributed by atoms with E-state index in [9.17, 15) is 14.4 Å². The number of hydrogen-bond donors (Lipinski definition) is 0. The van der Waals surface area contributed by atoms with Crippen molar-refractivity contribution in [1.29, 1.82) is 0 Å². The number of esters is 1. The Balaban J connectivity index is 1.69. The summed E-state index contributed by atoms with van der Waals surface area (Å²) in [4.78, 5) is 37.1. The highest BCUT2D eigenvalue weighted by Gasteiger charge is 2.29. The number of furan rings is 1. The molecule has 2 aromatic rings. The highest BCUT2D eigenvalue weighted by molar-refractivity contribution is 5.95. The van der Waals surface area contributed by atoms with Gasteiger partial charge in [0.2, 0.25) is 0 Å². The lowest BCUT2D eigenvalue weighted by molar-refractivity contribution is -0.149. The van der Waals surface area contributed by atoms with Gasteiger partial charge >= 0.3 is 5.97 Å². The molecule has 0 N–H and O–H groups in total. The minimum atomic E-state index is -0.253. The molecule has 3 rings (SSSR count). The Morgan fingerprint density at radius 2 is 2.00 bits per heavy atom. The number of ether oxygens (including phenoxy) is 1. The van der Waals surface area contributed by atoms with Gasteiger partial charge in [0.25, 0.3) is 5.91 Å². The Bertz CT molecular complexity index is 793. The SMILES string of the molecule is CCOC(=O)C1CCCN(C(=O)c2ccc(-c3ccc(C=O)o3)cc2)C1. The molecule has 136 valence electrons. The summed E-state index contributed by atoms with van der Waals surface area (Å²) < 4.78 is 10.5. The van der Waals surface area contributed by atoms with E-state index in [0.717, 1.165) is 18.4 Å². The molecule has 0 saturated carbocycles. The molecule has 0 aliphatic carbocycles. The van der Waals surface area contributed by atoms with E-state index in [1.807, 2.05) is 0 Å². The van der Waals surface area contributed by atoms with Gasteiger partial charge in [-0.3, -0.25) is 14.4 Å². The Morgan fingerprint density at radius 1 is 1.23 bits per heavy atom. The fourth-order valence-corrected chi connectivity index (χ4v) is 3.15. The molecule has 1 atom stereocenters. The molecule has 1 aromatic heterocycles. The van der Waals surface area contributed by atoms with Crippen molar-refractivity contribution in [2.75, 3.05) is 19.7 Å². The number of hydrogen-bond acceptors (Lipinski definition) is 5. The molecule has 1 fully saturated rings. The summed E-state index contributed by atoms with van der Waals surface area (Å²) >= 11 is 0. The normalized spacial score (nSPS) is 17.0. The van der Waals surface area contributed by atoms with Crippen LogP contribution in [0.4, 0.5) is 0 Å². The van der Waals surface area contributed by atoms with Crippen molar-refractivity contribution >= 4 is 18.2 Å². The number of amides is 1. The lowest BCUT2D eigenvalue weighted by Crippen LogP contribution is -2.42. The molecule has 1 unspecified atom stereocenters. The van der Waals surface area contributed by atoms with E-state index in [4.69, 9.17) is 9.15 Å². The largest absolute Gasteiger partial charge is 0.466 e. The van der Waals surface area contributed by atoms with Gasteiger partial charge in [0, 0.05) is 24.2 Å². The van der Waals surface area contributed by atoms with E-state index in [-0.39, 0.29) is 23.6 Å². The predicted molar refractivity (Wildman–Crippen MR) is 94.8 cm³/mol. The van der Waals surface area contributed by atoms with Crippen molar-refractivity contribution in [2.24, 2.45) is 5.92 Å². The maximum Gasteiger partial charge on any atom is 0.310 e. The number of piperidine rings is 1. The van der Waals surface area contributed by atoms with Crippen molar-refractivity contribution in [3.63, 3.8) is 0 Å². The molecule has 6 nitrogen and oxygen atoms in total. The highest BCUT2D eigenvalue weighted by atomic mass is 16.5. The number of benzene rings is 1. The molecule has 1 aliphatic heterocycles.